The third kappa shape index (κ3) is 4.96. The van der Waals surface area contributed by atoms with Crippen LogP contribution in [0.2, 0.25) is 0 Å². The first-order valence-corrected chi connectivity index (χ1v) is 7.89. The molecule has 1 aliphatic rings. The molecule has 116 valence electrons. The molecule has 0 atom stereocenters. The van der Waals surface area contributed by atoms with E-state index in [9.17, 15) is 0 Å². The molecule has 1 aliphatic carbocycles. The van der Waals surface area contributed by atoms with E-state index in [1.807, 2.05) is 6.07 Å². The van der Waals surface area contributed by atoms with E-state index >= 15 is 0 Å². The lowest BCUT2D eigenvalue weighted by atomic mass is 10.1. The maximum atomic E-state index is 6.02. The molecule has 1 fully saturated rings. The molecule has 1 saturated carbocycles. The van der Waals surface area contributed by atoms with Crippen LogP contribution in [-0.2, 0) is 6.54 Å². The van der Waals surface area contributed by atoms with Crippen LogP contribution in [0.15, 0.2) is 23.2 Å². The quantitative estimate of drug-likeness (QED) is 0.508. The molecule has 4 nitrogen and oxygen atoms in total. The monoisotopic (exact) mass is 289 g/mol. The van der Waals surface area contributed by atoms with Gasteiger partial charge in [0.2, 0.25) is 0 Å². The molecule has 0 bridgehead atoms. The van der Waals surface area contributed by atoms with Crippen molar-refractivity contribution in [2.45, 2.75) is 58.0 Å². The van der Waals surface area contributed by atoms with Gasteiger partial charge in [-0.1, -0.05) is 37.8 Å². The number of hydrogen-bond donors (Lipinski definition) is 2. The number of aliphatic imine (C=N–C) groups is 1. The number of rotatable bonds is 4. The first-order valence-electron chi connectivity index (χ1n) is 7.89. The number of nitrogens with two attached hydrogens (primary N) is 1. The van der Waals surface area contributed by atoms with E-state index in [1.165, 1.54) is 44.1 Å². The van der Waals surface area contributed by atoms with Crippen LogP contribution in [0.25, 0.3) is 0 Å². The molecule has 0 radical (unpaired) electrons. The van der Waals surface area contributed by atoms with Crippen LogP contribution in [0.1, 0.15) is 49.7 Å². The van der Waals surface area contributed by atoms with Crippen LogP contribution in [-0.4, -0.2) is 19.1 Å². The standard InChI is InChI=1S/C17H27N3O/c1-13-9-10-14(16(11-13)21-2)12-19-17(18)20-15-7-5-3-4-6-8-15/h9-11,15H,3-8,12H2,1-2H3,(H3,18,19,20). The second-order valence-electron chi connectivity index (χ2n) is 5.85. The smallest absolute Gasteiger partial charge is 0.189 e. The van der Waals surface area contributed by atoms with Gasteiger partial charge in [0.25, 0.3) is 0 Å². The van der Waals surface area contributed by atoms with E-state index in [-0.39, 0.29) is 0 Å². The highest BCUT2D eigenvalue weighted by molar-refractivity contribution is 5.78. The van der Waals surface area contributed by atoms with Gasteiger partial charge in [-0.15, -0.1) is 0 Å². The highest BCUT2D eigenvalue weighted by Crippen LogP contribution is 2.21. The Morgan fingerprint density at radius 3 is 2.67 bits per heavy atom. The van der Waals surface area contributed by atoms with Gasteiger partial charge in [-0.2, -0.15) is 0 Å². The van der Waals surface area contributed by atoms with E-state index in [2.05, 4.69) is 29.4 Å². The fraction of sp³-hybridized carbons (Fsp3) is 0.588. The van der Waals surface area contributed by atoms with Crippen molar-refractivity contribution >= 4 is 5.96 Å². The minimum absolute atomic E-state index is 0.483. The summed E-state index contributed by atoms with van der Waals surface area (Å²) in [6.07, 6.45) is 7.66. The van der Waals surface area contributed by atoms with E-state index in [0.29, 0.717) is 18.5 Å². The van der Waals surface area contributed by atoms with Crippen molar-refractivity contribution in [1.29, 1.82) is 0 Å². The molecular formula is C17H27N3O. The number of aryl methyl sites for hydroxylation is 1. The first-order chi connectivity index (χ1) is 10.2. The average molecular weight is 289 g/mol. The Kier molecular flexibility index (Phi) is 5.90. The lowest BCUT2D eigenvalue weighted by Gasteiger charge is -2.16. The molecular weight excluding hydrogens is 262 g/mol. The largest absolute Gasteiger partial charge is 0.496 e. The number of nitrogens with one attached hydrogen (secondary N) is 1. The predicted molar refractivity (Wildman–Crippen MR) is 87.7 cm³/mol. The van der Waals surface area contributed by atoms with Gasteiger partial charge in [-0.3, -0.25) is 0 Å². The predicted octanol–water partition coefficient (Wildman–Crippen LogP) is 3.13. The molecule has 1 aromatic carbocycles. The fourth-order valence-corrected chi connectivity index (χ4v) is 2.83. The summed E-state index contributed by atoms with van der Waals surface area (Å²) in [5.74, 6) is 1.42. The summed E-state index contributed by atoms with van der Waals surface area (Å²) in [5.41, 5.74) is 8.27. The fourth-order valence-electron chi connectivity index (χ4n) is 2.83. The lowest BCUT2D eigenvalue weighted by molar-refractivity contribution is 0.409. The highest BCUT2D eigenvalue weighted by atomic mass is 16.5. The number of benzene rings is 1. The molecule has 3 N–H and O–H groups in total. The van der Waals surface area contributed by atoms with Crippen molar-refractivity contribution in [1.82, 2.24) is 5.32 Å². The molecule has 4 heteroatoms. The third-order valence-corrected chi connectivity index (χ3v) is 4.07. The Bertz CT molecular complexity index is 477. The van der Waals surface area contributed by atoms with Gasteiger partial charge < -0.3 is 15.8 Å². The molecule has 0 aliphatic heterocycles. The zero-order chi connectivity index (χ0) is 15.1. The molecule has 0 heterocycles. The third-order valence-electron chi connectivity index (χ3n) is 4.07. The molecule has 2 rings (SSSR count). The summed E-state index contributed by atoms with van der Waals surface area (Å²) in [7, 11) is 1.69. The zero-order valence-electron chi connectivity index (χ0n) is 13.2. The molecule has 0 aromatic heterocycles. The van der Waals surface area contributed by atoms with Gasteiger partial charge in [0, 0.05) is 11.6 Å². The zero-order valence-corrected chi connectivity index (χ0v) is 13.2. The average Bonchev–Trinajstić information content (AvgIpc) is 2.74. The normalized spacial score (nSPS) is 17.3. The summed E-state index contributed by atoms with van der Waals surface area (Å²) in [6, 6.07) is 6.63. The van der Waals surface area contributed by atoms with Crippen molar-refractivity contribution in [3.63, 3.8) is 0 Å². The summed E-state index contributed by atoms with van der Waals surface area (Å²) in [5, 5.41) is 3.36. The van der Waals surface area contributed by atoms with Gasteiger partial charge in [0.1, 0.15) is 5.75 Å². The topological polar surface area (TPSA) is 59.6 Å². The van der Waals surface area contributed by atoms with Crippen molar-refractivity contribution in [2.24, 2.45) is 10.7 Å². The van der Waals surface area contributed by atoms with Gasteiger partial charge in [-0.25, -0.2) is 4.99 Å². The Morgan fingerprint density at radius 2 is 2.00 bits per heavy atom. The Morgan fingerprint density at radius 1 is 1.29 bits per heavy atom. The minimum atomic E-state index is 0.483. The molecule has 0 amide bonds. The van der Waals surface area contributed by atoms with Crippen LogP contribution in [0.5, 0.6) is 5.75 Å². The molecule has 0 spiro atoms. The lowest BCUT2D eigenvalue weighted by Crippen LogP contribution is -2.39. The van der Waals surface area contributed by atoms with E-state index in [1.54, 1.807) is 7.11 Å². The Labute approximate surface area is 127 Å². The van der Waals surface area contributed by atoms with Crippen molar-refractivity contribution < 1.29 is 4.74 Å². The summed E-state index contributed by atoms with van der Waals surface area (Å²) in [6.45, 7) is 2.60. The van der Waals surface area contributed by atoms with Gasteiger partial charge in [-0.05, 0) is 31.4 Å². The Hall–Kier alpha value is -1.71. The summed E-state index contributed by atoms with van der Waals surface area (Å²) in [4.78, 5) is 4.46. The SMILES string of the molecule is COc1cc(C)ccc1CN=C(N)NC1CCCCCC1. The van der Waals surface area contributed by atoms with Crippen LogP contribution < -0.4 is 15.8 Å². The number of nitrogens with zero attached hydrogens (tertiary/aromatic N) is 1. The van der Waals surface area contributed by atoms with Crippen molar-refractivity contribution in [3.8, 4) is 5.75 Å². The summed E-state index contributed by atoms with van der Waals surface area (Å²) < 4.78 is 5.39. The van der Waals surface area contributed by atoms with Crippen LogP contribution in [0, 0.1) is 6.92 Å². The van der Waals surface area contributed by atoms with Gasteiger partial charge in [0.05, 0.1) is 13.7 Å². The Balaban J connectivity index is 1.93. The van der Waals surface area contributed by atoms with Crippen molar-refractivity contribution in [2.75, 3.05) is 7.11 Å². The van der Waals surface area contributed by atoms with Crippen LogP contribution in [0.3, 0.4) is 0 Å². The molecule has 0 unspecified atom stereocenters. The number of guanidine groups is 1. The minimum Gasteiger partial charge on any atom is -0.496 e. The van der Waals surface area contributed by atoms with E-state index < -0.39 is 0 Å². The second kappa shape index (κ2) is 7.91. The number of ether oxygens (including phenoxy) is 1. The second-order valence-corrected chi connectivity index (χ2v) is 5.85. The molecule has 21 heavy (non-hydrogen) atoms. The van der Waals surface area contributed by atoms with Crippen molar-refractivity contribution in [3.05, 3.63) is 29.3 Å². The van der Waals surface area contributed by atoms with E-state index in [4.69, 9.17) is 10.5 Å². The highest BCUT2D eigenvalue weighted by Gasteiger charge is 2.12. The van der Waals surface area contributed by atoms with Crippen LogP contribution >= 0.6 is 0 Å². The summed E-state index contributed by atoms with van der Waals surface area (Å²) >= 11 is 0. The van der Waals surface area contributed by atoms with E-state index in [0.717, 1.165) is 11.3 Å². The van der Waals surface area contributed by atoms with Crippen LogP contribution in [0.4, 0.5) is 0 Å². The number of methoxy groups -OCH3 is 1. The molecule has 1 aromatic rings. The number of hydrogen-bond acceptors (Lipinski definition) is 2. The first kappa shape index (κ1) is 15.7. The molecule has 0 saturated heterocycles. The maximum absolute atomic E-state index is 6.02. The maximum Gasteiger partial charge on any atom is 0.189 e. The van der Waals surface area contributed by atoms with Gasteiger partial charge in [0.15, 0.2) is 5.96 Å². The van der Waals surface area contributed by atoms with Gasteiger partial charge >= 0.3 is 0 Å².